The van der Waals surface area contributed by atoms with E-state index in [9.17, 15) is 21.6 Å². The summed E-state index contributed by atoms with van der Waals surface area (Å²) in [6.45, 7) is 0.0815. The van der Waals surface area contributed by atoms with Crippen LogP contribution in [0.1, 0.15) is 22.6 Å². The summed E-state index contributed by atoms with van der Waals surface area (Å²) >= 11 is 0. The van der Waals surface area contributed by atoms with Gasteiger partial charge in [0.1, 0.15) is 0 Å². The van der Waals surface area contributed by atoms with Gasteiger partial charge in [0.15, 0.2) is 0 Å². The Bertz CT molecular complexity index is 991. The van der Waals surface area contributed by atoms with Gasteiger partial charge in [-0.2, -0.15) is 22.7 Å². The summed E-state index contributed by atoms with van der Waals surface area (Å²) in [5.41, 5.74) is 5.07. The molecule has 0 spiro atoms. The van der Waals surface area contributed by atoms with Gasteiger partial charge >= 0.3 is 6.18 Å². The van der Waals surface area contributed by atoms with Gasteiger partial charge in [0.25, 0.3) is 0 Å². The fourth-order valence-corrected chi connectivity index (χ4v) is 4.74. The molecule has 1 aliphatic heterocycles. The van der Waals surface area contributed by atoms with Crippen LogP contribution in [0.5, 0.6) is 0 Å². The Hall–Kier alpha value is -2.12. The molecule has 2 N–H and O–H groups in total. The quantitative estimate of drug-likeness (QED) is 0.808. The highest BCUT2D eigenvalue weighted by Crippen LogP contribution is 2.35. The number of nitrogens with two attached hydrogens (primary N) is 1. The molecule has 0 bridgehead atoms. The van der Waals surface area contributed by atoms with Crippen LogP contribution in [-0.2, 0) is 16.2 Å². The normalized spacial score (nSPS) is 20.4. The average Bonchev–Trinajstić information content (AvgIpc) is 3.03. The minimum absolute atomic E-state index is 0. The highest BCUT2D eigenvalue weighted by Gasteiger charge is 2.40. The molecule has 10 heteroatoms. The Balaban J connectivity index is 0.00000280. The van der Waals surface area contributed by atoms with E-state index in [4.69, 9.17) is 11.0 Å². The van der Waals surface area contributed by atoms with E-state index in [0.717, 1.165) is 22.0 Å². The lowest BCUT2D eigenvalue weighted by molar-refractivity contribution is -0.137. The number of hydrogen-bond donors (Lipinski definition) is 1. The predicted molar refractivity (Wildman–Crippen MR) is 99.3 cm³/mol. The molecule has 28 heavy (non-hydrogen) atoms. The average molecular weight is 432 g/mol. The Kier molecular flexibility index (Phi) is 6.41. The van der Waals surface area contributed by atoms with E-state index >= 15 is 0 Å². The van der Waals surface area contributed by atoms with Gasteiger partial charge in [-0.1, -0.05) is 30.3 Å². The van der Waals surface area contributed by atoms with Crippen LogP contribution in [0.25, 0.3) is 0 Å². The van der Waals surface area contributed by atoms with Crippen molar-refractivity contribution in [1.82, 2.24) is 4.31 Å². The molecule has 0 unspecified atom stereocenters. The smallest absolute Gasteiger partial charge is 0.326 e. The van der Waals surface area contributed by atoms with Gasteiger partial charge in [-0.15, -0.1) is 12.4 Å². The van der Waals surface area contributed by atoms with Gasteiger partial charge in [0.2, 0.25) is 10.0 Å². The number of rotatable bonds is 3. The number of halogens is 4. The van der Waals surface area contributed by atoms with E-state index < -0.39 is 38.3 Å². The molecule has 1 heterocycles. The zero-order chi connectivity index (χ0) is 19.8. The third kappa shape index (κ3) is 4.15. The lowest BCUT2D eigenvalue weighted by atomic mass is 9.95. The largest absolute Gasteiger partial charge is 0.417 e. The van der Waals surface area contributed by atoms with Crippen LogP contribution in [0.2, 0.25) is 0 Å². The van der Waals surface area contributed by atoms with Gasteiger partial charge in [-0.25, -0.2) is 8.42 Å². The van der Waals surface area contributed by atoms with Crippen molar-refractivity contribution in [2.75, 3.05) is 13.1 Å². The molecule has 0 saturated carbocycles. The summed E-state index contributed by atoms with van der Waals surface area (Å²) in [7, 11) is -4.18. The topological polar surface area (TPSA) is 87.2 Å². The van der Waals surface area contributed by atoms with Crippen molar-refractivity contribution >= 4 is 22.4 Å². The van der Waals surface area contributed by atoms with Crippen LogP contribution in [0, 0.1) is 11.3 Å². The molecule has 0 aliphatic carbocycles. The van der Waals surface area contributed by atoms with Crippen LogP contribution < -0.4 is 5.73 Å². The highest BCUT2D eigenvalue weighted by atomic mass is 35.5. The van der Waals surface area contributed by atoms with E-state index in [0.29, 0.717) is 6.07 Å². The number of alkyl halides is 3. The van der Waals surface area contributed by atoms with Crippen LogP contribution in [0.3, 0.4) is 0 Å². The fraction of sp³-hybridized carbons (Fsp3) is 0.278. The summed E-state index contributed by atoms with van der Waals surface area (Å²) in [4.78, 5) is -0.505. The van der Waals surface area contributed by atoms with E-state index in [2.05, 4.69) is 0 Å². The van der Waals surface area contributed by atoms with Crippen LogP contribution in [0.15, 0.2) is 53.4 Å². The molecule has 2 atom stereocenters. The Labute approximate surface area is 167 Å². The molecule has 0 amide bonds. The molecule has 0 radical (unpaired) electrons. The van der Waals surface area contributed by atoms with E-state index in [-0.39, 0.29) is 31.4 Å². The second kappa shape index (κ2) is 8.09. The first kappa shape index (κ1) is 22.2. The van der Waals surface area contributed by atoms with E-state index in [1.54, 1.807) is 0 Å². The van der Waals surface area contributed by atoms with Crippen molar-refractivity contribution in [2.24, 2.45) is 5.73 Å². The molecule has 1 aliphatic rings. The van der Waals surface area contributed by atoms with Crippen molar-refractivity contribution in [1.29, 1.82) is 5.26 Å². The monoisotopic (exact) mass is 431 g/mol. The van der Waals surface area contributed by atoms with Crippen LogP contribution in [-0.4, -0.2) is 31.9 Å². The predicted octanol–water partition coefficient (Wildman–Crippen LogP) is 3.11. The molecule has 1 fully saturated rings. The van der Waals surface area contributed by atoms with E-state index in [1.165, 1.54) is 6.07 Å². The summed E-state index contributed by atoms with van der Waals surface area (Å²) in [5.74, 6) is -0.249. The van der Waals surface area contributed by atoms with Gasteiger partial charge < -0.3 is 5.73 Å². The van der Waals surface area contributed by atoms with Gasteiger partial charge in [0.05, 0.1) is 22.1 Å². The van der Waals surface area contributed by atoms with Crippen molar-refractivity contribution in [2.45, 2.75) is 23.0 Å². The van der Waals surface area contributed by atoms with Crippen molar-refractivity contribution < 1.29 is 21.6 Å². The molecule has 3 rings (SSSR count). The van der Waals surface area contributed by atoms with Crippen molar-refractivity contribution in [3.63, 3.8) is 0 Å². The Morgan fingerprint density at radius 3 is 2.32 bits per heavy atom. The molecule has 0 aromatic heterocycles. The SMILES string of the molecule is Cl.N#Cc1ccc(S(=O)(=O)N2C[C@@H](N)[C@H](c3ccccc3)C2)cc1C(F)(F)F. The summed E-state index contributed by atoms with van der Waals surface area (Å²) in [6, 6.07) is 12.5. The number of nitrogens with zero attached hydrogens (tertiary/aromatic N) is 2. The first-order chi connectivity index (χ1) is 12.6. The third-order valence-corrected chi connectivity index (χ3v) is 6.44. The van der Waals surface area contributed by atoms with Crippen LogP contribution >= 0.6 is 12.4 Å². The maximum absolute atomic E-state index is 13.1. The fourth-order valence-electron chi connectivity index (χ4n) is 3.21. The number of hydrogen-bond acceptors (Lipinski definition) is 4. The minimum atomic E-state index is -4.83. The second-order valence-electron chi connectivity index (χ2n) is 6.32. The molecular weight excluding hydrogens is 415 g/mol. The van der Waals surface area contributed by atoms with Crippen LogP contribution in [0.4, 0.5) is 13.2 Å². The maximum Gasteiger partial charge on any atom is 0.417 e. The number of nitriles is 1. The standard InChI is InChI=1S/C18H16F3N3O2S.ClH/c19-18(20,21)16-8-14(7-6-13(16)9-22)27(25,26)24-10-15(17(23)11-24)12-4-2-1-3-5-12;/h1-8,15,17H,10-11,23H2;1H/t15-,17+;/m0./s1. The molecule has 2 aromatic rings. The first-order valence-electron chi connectivity index (χ1n) is 8.06. The summed E-state index contributed by atoms with van der Waals surface area (Å²) < 4.78 is 66.2. The zero-order valence-corrected chi connectivity index (χ0v) is 16.1. The third-order valence-electron chi connectivity index (χ3n) is 4.61. The molecule has 5 nitrogen and oxygen atoms in total. The minimum Gasteiger partial charge on any atom is -0.326 e. The van der Waals surface area contributed by atoms with Gasteiger partial charge in [0, 0.05) is 25.0 Å². The highest BCUT2D eigenvalue weighted by molar-refractivity contribution is 7.89. The lowest BCUT2D eigenvalue weighted by Crippen LogP contribution is -2.32. The van der Waals surface area contributed by atoms with Gasteiger partial charge in [-0.3, -0.25) is 0 Å². The molecule has 1 saturated heterocycles. The van der Waals surface area contributed by atoms with Crippen molar-refractivity contribution in [3.8, 4) is 6.07 Å². The zero-order valence-electron chi connectivity index (χ0n) is 14.4. The maximum atomic E-state index is 13.1. The molecule has 150 valence electrons. The Morgan fingerprint density at radius 2 is 1.75 bits per heavy atom. The first-order valence-corrected chi connectivity index (χ1v) is 9.50. The van der Waals surface area contributed by atoms with E-state index in [1.807, 2.05) is 30.3 Å². The van der Waals surface area contributed by atoms with Gasteiger partial charge in [-0.05, 0) is 23.8 Å². The number of benzene rings is 2. The Morgan fingerprint density at radius 1 is 1.11 bits per heavy atom. The lowest BCUT2D eigenvalue weighted by Gasteiger charge is -2.18. The summed E-state index contributed by atoms with van der Waals surface area (Å²) in [5, 5.41) is 8.86. The molecule has 2 aromatic carbocycles. The molecular formula is C18H17ClF3N3O2S. The van der Waals surface area contributed by atoms with Crippen molar-refractivity contribution in [3.05, 3.63) is 65.2 Å². The number of sulfonamides is 1. The second-order valence-corrected chi connectivity index (χ2v) is 8.26. The summed E-state index contributed by atoms with van der Waals surface area (Å²) in [6.07, 6.45) is -4.83.